The SMILES string of the molecule is CN(C)c1ncc2c(n1)[C@@]1(CCN(C(=O)c3ccc4c(c3)OCCCO4)C1)COC2. The molecule has 1 aromatic heterocycles. The maximum absolute atomic E-state index is 13.3. The molecule has 0 radical (unpaired) electrons. The van der Waals surface area contributed by atoms with Crippen molar-refractivity contribution in [2.45, 2.75) is 24.9 Å². The first-order valence-electron chi connectivity index (χ1n) is 10.4. The first-order chi connectivity index (χ1) is 14.6. The molecule has 4 heterocycles. The van der Waals surface area contributed by atoms with E-state index >= 15 is 0 Å². The Morgan fingerprint density at radius 3 is 2.87 bits per heavy atom. The normalized spacial score (nSPS) is 22.5. The predicted molar refractivity (Wildman–Crippen MR) is 110 cm³/mol. The summed E-state index contributed by atoms with van der Waals surface area (Å²) in [6.07, 6.45) is 3.51. The van der Waals surface area contributed by atoms with Gasteiger partial charge in [-0.25, -0.2) is 9.97 Å². The minimum absolute atomic E-state index is 0.00321. The van der Waals surface area contributed by atoms with E-state index in [1.807, 2.05) is 42.2 Å². The molecule has 8 nitrogen and oxygen atoms in total. The zero-order valence-electron chi connectivity index (χ0n) is 17.4. The van der Waals surface area contributed by atoms with Gasteiger partial charge in [0.2, 0.25) is 5.95 Å². The molecule has 0 N–H and O–H groups in total. The van der Waals surface area contributed by atoms with Gasteiger partial charge in [-0.15, -0.1) is 0 Å². The van der Waals surface area contributed by atoms with Crippen molar-refractivity contribution in [3.8, 4) is 11.5 Å². The molecule has 8 heteroatoms. The minimum atomic E-state index is -0.289. The monoisotopic (exact) mass is 410 g/mol. The Balaban J connectivity index is 1.41. The standard InChI is InChI=1S/C22H26N4O4/c1-25(2)21-23-11-16-12-28-14-22(19(16)24-21)6-7-26(13-22)20(27)15-4-5-17-18(10-15)30-9-3-8-29-17/h4-5,10-11H,3,6-9,12-14H2,1-2H3/t22-/m1/s1. The second-order valence-corrected chi connectivity index (χ2v) is 8.40. The van der Waals surface area contributed by atoms with Crippen LogP contribution in [0.3, 0.4) is 0 Å². The van der Waals surface area contributed by atoms with Gasteiger partial charge in [-0.3, -0.25) is 4.79 Å². The smallest absolute Gasteiger partial charge is 0.254 e. The highest BCUT2D eigenvalue weighted by Gasteiger charge is 2.46. The van der Waals surface area contributed by atoms with Gasteiger partial charge in [-0.1, -0.05) is 0 Å². The fourth-order valence-electron chi connectivity index (χ4n) is 4.44. The molecule has 0 unspecified atom stereocenters. The predicted octanol–water partition coefficient (Wildman–Crippen LogP) is 2.02. The Morgan fingerprint density at radius 1 is 1.20 bits per heavy atom. The molecule has 1 aromatic carbocycles. The van der Waals surface area contributed by atoms with E-state index in [1.54, 1.807) is 6.07 Å². The van der Waals surface area contributed by atoms with Gasteiger partial charge in [0, 0.05) is 50.9 Å². The molecule has 1 spiro atoms. The molecule has 5 rings (SSSR count). The van der Waals surface area contributed by atoms with E-state index in [0.717, 1.165) is 24.1 Å². The molecule has 2 aromatic rings. The molecule has 1 saturated heterocycles. The lowest BCUT2D eigenvalue weighted by Gasteiger charge is -2.34. The lowest BCUT2D eigenvalue weighted by molar-refractivity contribution is 0.0484. The summed E-state index contributed by atoms with van der Waals surface area (Å²) in [5.41, 5.74) is 2.35. The average Bonchev–Trinajstić information content (AvgIpc) is 3.03. The molecular weight excluding hydrogens is 384 g/mol. The Kier molecular flexibility index (Phi) is 4.73. The third-order valence-electron chi connectivity index (χ3n) is 6.03. The zero-order valence-corrected chi connectivity index (χ0v) is 17.4. The molecule has 0 aliphatic carbocycles. The third-order valence-corrected chi connectivity index (χ3v) is 6.03. The van der Waals surface area contributed by atoms with Crippen molar-refractivity contribution < 1.29 is 19.0 Å². The summed E-state index contributed by atoms with van der Waals surface area (Å²) in [6.45, 7) is 3.55. The molecule has 1 atom stereocenters. The van der Waals surface area contributed by atoms with Crippen molar-refractivity contribution in [1.82, 2.24) is 14.9 Å². The van der Waals surface area contributed by atoms with Gasteiger partial charge in [-0.2, -0.15) is 0 Å². The lowest BCUT2D eigenvalue weighted by Crippen LogP contribution is -2.42. The van der Waals surface area contributed by atoms with Gasteiger partial charge in [-0.05, 0) is 24.6 Å². The van der Waals surface area contributed by atoms with Crippen LogP contribution in [0.2, 0.25) is 0 Å². The quantitative estimate of drug-likeness (QED) is 0.750. The fourth-order valence-corrected chi connectivity index (χ4v) is 4.44. The highest BCUT2D eigenvalue weighted by molar-refractivity contribution is 5.95. The summed E-state index contributed by atoms with van der Waals surface area (Å²) in [7, 11) is 3.87. The number of carbonyl (C=O) groups excluding carboxylic acids is 1. The highest BCUT2D eigenvalue weighted by Crippen LogP contribution is 2.40. The van der Waals surface area contributed by atoms with Crippen LogP contribution in [0.15, 0.2) is 24.4 Å². The molecule has 30 heavy (non-hydrogen) atoms. The van der Waals surface area contributed by atoms with Crippen molar-refractivity contribution in [1.29, 1.82) is 0 Å². The van der Waals surface area contributed by atoms with E-state index in [4.69, 9.17) is 19.2 Å². The van der Waals surface area contributed by atoms with Gasteiger partial charge in [0.05, 0.1) is 37.5 Å². The number of amides is 1. The van der Waals surface area contributed by atoms with Crippen molar-refractivity contribution in [3.05, 3.63) is 41.2 Å². The molecule has 1 fully saturated rings. The third kappa shape index (κ3) is 3.25. The van der Waals surface area contributed by atoms with E-state index in [1.165, 1.54) is 0 Å². The van der Waals surface area contributed by atoms with Crippen LogP contribution in [0.5, 0.6) is 11.5 Å². The topological polar surface area (TPSA) is 77.0 Å². The number of carbonyl (C=O) groups is 1. The number of fused-ring (bicyclic) bond motifs is 3. The summed E-state index contributed by atoms with van der Waals surface area (Å²) in [6, 6.07) is 5.44. The second-order valence-electron chi connectivity index (χ2n) is 8.40. The number of ether oxygens (including phenoxy) is 3. The lowest BCUT2D eigenvalue weighted by atomic mass is 9.80. The number of aromatic nitrogens is 2. The molecule has 3 aliphatic rings. The number of likely N-dealkylation sites (tertiary alicyclic amines) is 1. The fraction of sp³-hybridized carbons (Fsp3) is 0.500. The molecule has 3 aliphatic heterocycles. The maximum atomic E-state index is 13.3. The Morgan fingerprint density at radius 2 is 2.03 bits per heavy atom. The van der Waals surface area contributed by atoms with Gasteiger partial charge in [0.1, 0.15) is 0 Å². The Hall–Kier alpha value is -2.87. The maximum Gasteiger partial charge on any atom is 0.254 e. The van der Waals surface area contributed by atoms with Gasteiger partial charge < -0.3 is 24.0 Å². The molecule has 1 amide bonds. The van der Waals surface area contributed by atoms with E-state index in [-0.39, 0.29) is 11.3 Å². The summed E-state index contributed by atoms with van der Waals surface area (Å²) in [5, 5.41) is 0. The second kappa shape index (κ2) is 7.43. The number of benzene rings is 1. The van der Waals surface area contributed by atoms with Crippen LogP contribution in [0.1, 0.15) is 34.5 Å². The van der Waals surface area contributed by atoms with Gasteiger partial charge in [0.25, 0.3) is 5.91 Å². The van der Waals surface area contributed by atoms with Crippen LogP contribution in [-0.4, -0.2) is 67.8 Å². The Bertz CT molecular complexity index is 980. The minimum Gasteiger partial charge on any atom is -0.490 e. The number of hydrogen-bond acceptors (Lipinski definition) is 7. The van der Waals surface area contributed by atoms with Crippen LogP contribution < -0.4 is 14.4 Å². The van der Waals surface area contributed by atoms with E-state index in [9.17, 15) is 4.79 Å². The first kappa shape index (κ1) is 19.1. The molecule has 158 valence electrons. The van der Waals surface area contributed by atoms with Crippen molar-refractivity contribution >= 4 is 11.9 Å². The number of rotatable bonds is 2. The molecular formula is C22H26N4O4. The van der Waals surface area contributed by atoms with Crippen molar-refractivity contribution in [2.24, 2.45) is 0 Å². The van der Waals surface area contributed by atoms with Crippen LogP contribution in [0.25, 0.3) is 0 Å². The van der Waals surface area contributed by atoms with Crippen LogP contribution in [0.4, 0.5) is 5.95 Å². The summed E-state index contributed by atoms with van der Waals surface area (Å²) >= 11 is 0. The van der Waals surface area contributed by atoms with Crippen LogP contribution in [-0.2, 0) is 16.8 Å². The number of hydrogen-bond donors (Lipinski definition) is 0. The van der Waals surface area contributed by atoms with E-state index < -0.39 is 0 Å². The van der Waals surface area contributed by atoms with Crippen molar-refractivity contribution in [3.63, 3.8) is 0 Å². The summed E-state index contributed by atoms with van der Waals surface area (Å²) in [5.74, 6) is 2.02. The van der Waals surface area contributed by atoms with E-state index in [0.29, 0.717) is 62.5 Å². The van der Waals surface area contributed by atoms with Gasteiger partial charge >= 0.3 is 0 Å². The highest BCUT2D eigenvalue weighted by atomic mass is 16.5. The summed E-state index contributed by atoms with van der Waals surface area (Å²) < 4.78 is 17.3. The average molecular weight is 410 g/mol. The van der Waals surface area contributed by atoms with E-state index in [2.05, 4.69) is 4.98 Å². The molecule has 0 saturated carbocycles. The summed E-state index contributed by atoms with van der Waals surface area (Å²) in [4.78, 5) is 26.3. The number of nitrogens with zero attached hydrogens (tertiary/aromatic N) is 4. The van der Waals surface area contributed by atoms with Crippen LogP contribution in [0, 0.1) is 0 Å². The van der Waals surface area contributed by atoms with Crippen molar-refractivity contribution in [2.75, 3.05) is 51.9 Å². The number of anilines is 1. The van der Waals surface area contributed by atoms with Crippen LogP contribution >= 0.6 is 0 Å². The van der Waals surface area contributed by atoms with Gasteiger partial charge in [0.15, 0.2) is 11.5 Å². The molecule has 0 bridgehead atoms. The first-order valence-corrected chi connectivity index (χ1v) is 10.4. The largest absolute Gasteiger partial charge is 0.490 e. The zero-order chi connectivity index (χ0) is 20.7. The Labute approximate surface area is 175 Å².